The van der Waals surface area contributed by atoms with Gasteiger partial charge in [0, 0.05) is 0 Å². The standard InChI is InChI=1S/C17H30O2/c1-7-17(10-8-9-11-17)19-15(18)16(6,14(4)5)12-13(2)3/h7,13-14H,1,8-12H2,2-6H3. The highest BCUT2D eigenvalue weighted by atomic mass is 16.6. The summed E-state index contributed by atoms with van der Waals surface area (Å²) in [7, 11) is 0. The molecular weight excluding hydrogens is 236 g/mol. The molecular formula is C17H30O2. The molecule has 1 rings (SSSR count). The van der Waals surface area contributed by atoms with Crippen LogP contribution in [-0.4, -0.2) is 11.6 Å². The van der Waals surface area contributed by atoms with Crippen molar-refractivity contribution in [1.29, 1.82) is 0 Å². The molecule has 2 heteroatoms. The highest BCUT2D eigenvalue weighted by Gasteiger charge is 2.43. The molecule has 0 N–H and O–H groups in total. The Labute approximate surface area is 118 Å². The molecule has 1 unspecified atom stereocenters. The van der Waals surface area contributed by atoms with Gasteiger partial charge < -0.3 is 4.74 Å². The van der Waals surface area contributed by atoms with Crippen molar-refractivity contribution in [3.63, 3.8) is 0 Å². The second-order valence-electron chi connectivity index (χ2n) is 7.04. The zero-order chi connectivity index (χ0) is 14.7. The lowest BCUT2D eigenvalue weighted by Crippen LogP contribution is -2.41. The number of ether oxygens (including phenoxy) is 1. The Kier molecular flexibility index (Phi) is 5.23. The van der Waals surface area contributed by atoms with Gasteiger partial charge in [-0.1, -0.05) is 34.3 Å². The third-order valence-electron chi connectivity index (χ3n) is 4.69. The predicted molar refractivity (Wildman–Crippen MR) is 79.9 cm³/mol. The SMILES string of the molecule is C=CC1(OC(=O)C(C)(CC(C)C)C(C)C)CCCC1. The molecule has 0 radical (unpaired) electrons. The first-order valence-corrected chi connectivity index (χ1v) is 7.63. The summed E-state index contributed by atoms with van der Waals surface area (Å²) in [6.07, 6.45) is 6.82. The lowest BCUT2D eigenvalue weighted by molar-refractivity contribution is -0.170. The number of rotatable bonds is 6. The molecule has 2 nitrogen and oxygen atoms in total. The number of hydrogen-bond donors (Lipinski definition) is 0. The summed E-state index contributed by atoms with van der Waals surface area (Å²) in [5.74, 6) is 0.729. The maximum atomic E-state index is 12.7. The van der Waals surface area contributed by atoms with E-state index >= 15 is 0 Å². The maximum absolute atomic E-state index is 12.7. The van der Waals surface area contributed by atoms with E-state index in [1.165, 1.54) is 0 Å². The van der Waals surface area contributed by atoms with Crippen molar-refractivity contribution < 1.29 is 9.53 Å². The topological polar surface area (TPSA) is 26.3 Å². The lowest BCUT2D eigenvalue weighted by Gasteiger charge is -2.37. The molecule has 0 aromatic heterocycles. The summed E-state index contributed by atoms with van der Waals surface area (Å²) in [4.78, 5) is 12.7. The van der Waals surface area contributed by atoms with Crippen molar-refractivity contribution >= 4 is 5.97 Å². The van der Waals surface area contributed by atoms with Crippen molar-refractivity contribution in [2.24, 2.45) is 17.3 Å². The number of carbonyl (C=O) groups is 1. The minimum atomic E-state index is -0.399. The molecule has 0 amide bonds. The Morgan fingerprint density at radius 1 is 1.32 bits per heavy atom. The Balaban J connectivity index is 2.85. The van der Waals surface area contributed by atoms with Crippen LogP contribution in [-0.2, 0) is 9.53 Å². The van der Waals surface area contributed by atoms with Gasteiger partial charge in [0.05, 0.1) is 5.41 Å². The maximum Gasteiger partial charge on any atom is 0.312 e. The molecule has 1 aliphatic carbocycles. The second kappa shape index (κ2) is 6.11. The molecule has 0 heterocycles. The summed E-state index contributed by atoms with van der Waals surface area (Å²) in [5, 5.41) is 0. The molecule has 0 bridgehead atoms. The zero-order valence-corrected chi connectivity index (χ0v) is 13.3. The first kappa shape index (κ1) is 16.3. The van der Waals surface area contributed by atoms with E-state index in [0.29, 0.717) is 5.92 Å². The molecule has 0 aromatic carbocycles. The van der Waals surface area contributed by atoms with Crippen LogP contribution in [0.15, 0.2) is 12.7 Å². The van der Waals surface area contributed by atoms with E-state index < -0.39 is 11.0 Å². The van der Waals surface area contributed by atoms with E-state index in [0.717, 1.165) is 32.1 Å². The van der Waals surface area contributed by atoms with Gasteiger partial charge in [0.2, 0.25) is 0 Å². The third-order valence-corrected chi connectivity index (χ3v) is 4.69. The number of hydrogen-bond acceptors (Lipinski definition) is 2. The van der Waals surface area contributed by atoms with Gasteiger partial charge in [-0.3, -0.25) is 4.79 Å². The van der Waals surface area contributed by atoms with Crippen LogP contribution < -0.4 is 0 Å². The van der Waals surface area contributed by atoms with Crippen LogP contribution in [0, 0.1) is 17.3 Å². The third kappa shape index (κ3) is 3.61. The fourth-order valence-corrected chi connectivity index (χ4v) is 3.03. The molecule has 0 saturated heterocycles. The Morgan fingerprint density at radius 2 is 1.84 bits per heavy atom. The van der Waals surface area contributed by atoms with E-state index in [-0.39, 0.29) is 11.9 Å². The van der Waals surface area contributed by atoms with Crippen molar-refractivity contribution in [2.75, 3.05) is 0 Å². The predicted octanol–water partition coefficient (Wildman–Crippen LogP) is 4.74. The molecule has 110 valence electrons. The van der Waals surface area contributed by atoms with E-state index in [4.69, 9.17) is 4.74 Å². The van der Waals surface area contributed by atoms with Crippen LogP contribution in [0.5, 0.6) is 0 Å². The highest BCUT2D eigenvalue weighted by molar-refractivity contribution is 5.77. The summed E-state index contributed by atoms with van der Waals surface area (Å²) >= 11 is 0. The van der Waals surface area contributed by atoms with Crippen LogP contribution in [0.1, 0.15) is 66.7 Å². The van der Waals surface area contributed by atoms with E-state index in [1.807, 2.05) is 13.0 Å². The van der Waals surface area contributed by atoms with Crippen molar-refractivity contribution in [1.82, 2.24) is 0 Å². The summed E-state index contributed by atoms with van der Waals surface area (Å²) < 4.78 is 5.92. The lowest BCUT2D eigenvalue weighted by atomic mass is 9.73. The highest BCUT2D eigenvalue weighted by Crippen LogP contribution is 2.40. The van der Waals surface area contributed by atoms with Crippen molar-refractivity contribution in [3.05, 3.63) is 12.7 Å². The summed E-state index contributed by atoms with van der Waals surface area (Å²) in [5.41, 5.74) is -0.795. The Morgan fingerprint density at radius 3 is 2.21 bits per heavy atom. The smallest absolute Gasteiger partial charge is 0.312 e. The van der Waals surface area contributed by atoms with Gasteiger partial charge >= 0.3 is 5.97 Å². The fourth-order valence-electron chi connectivity index (χ4n) is 3.03. The molecule has 0 aliphatic heterocycles. The first-order valence-electron chi connectivity index (χ1n) is 7.63. The largest absolute Gasteiger partial charge is 0.454 e. The number of esters is 1. The molecule has 19 heavy (non-hydrogen) atoms. The van der Waals surface area contributed by atoms with Crippen LogP contribution in [0.25, 0.3) is 0 Å². The van der Waals surface area contributed by atoms with Crippen molar-refractivity contribution in [3.8, 4) is 0 Å². The number of carbonyl (C=O) groups excluding carboxylic acids is 1. The average Bonchev–Trinajstić information content (AvgIpc) is 2.77. The van der Waals surface area contributed by atoms with Gasteiger partial charge in [-0.25, -0.2) is 0 Å². The van der Waals surface area contributed by atoms with Crippen molar-refractivity contribution in [2.45, 2.75) is 72.3 Å². The molecule has 0 spiro atoms. The van der Waals surface area contributed by atoms with Gasteiger partial charge in [0.1, 0.15) is 5.60 Å². The molecule has 1 aliphatic rings. The molecule has 1 atom stereocenters. The zero-order valence-electron chi connectivity index (χ0n) is 13.3. The Bertz CT molecular complexity index is 324. The molecule has 1 saturated carbocycles. The second-order valence-corrected chi connectivity index (χ2v) is 7.04. The fraction of sp³-hybridized carbons (Fsp3) is 0.824. The van der Waals surface area contributed by atoms with Gasteiger partial charge in [-0.05, 0) is 56.9 Å². The quantitative estimate of drug-likeness (QED) is 0.513. The van der Waals surface area contributed by atoms with Gasteiger partial charge in [0.25, 0.3) is 0 Å². The molecule has 1 fully saturated rings. The minimum Gasteiger partial charge on any atom is -0.454 e. The summed E-state index contributed by atoms with van der Waals surface area (Å²) in [6, 6.07) is 0. The monoisotopic (exact) mass is 266 g/mol. The summed E-state index contributed by atoms with van der Waals surface area (Å²) in [6.45, 7) is 14.5. The van der Waals surface area contributed by atoms with E-state index in [9.17, 15) is 4.79 Å². The van der Waals surface area contributed by atoms with Crippen LogP contribution >= 0.6 is 0 Å². The van der Waals surface area contributed by atoms with Crippen LogP contribution in [0.2, 0.25) is 0 Å². The Hall–Kier alpha value is -0.790. The average molecular weight is 266 g/mol. The van der Waals surface area contributed by atoms with Gasteiger partial charge in [0.15, 0.2) is 0 Å². The van der Waals surface area contributed by atoms with Gasteiger partial charge in [-0.2, -0.15) is 0 Å². The van der Waals surface area contributed by atoms with E-state index in [1.54, 1.807) is 0 Å². The van der Waals surface area contributed by atoms with E-state index in [2.05, 4.69) is 34.3 Å². The van der Waals surface area contributed by atoms with Gasteiger partial charge in [-0.15, -0.1) is 0 Å². The van der Waals surface area contributed by atoms with Crippen LogP contribution in [0.3, 0.4) is 0 Å². The minimum absolute atomic E-state index is 0.0435. The van der Waals surface area contributed by atoms with Crippen LogP contribution in [0.4, 0.5) is 0 Å². The molecule has 0 aromatic rings. The normalized spacial score (nSPS) is 21.4. The first-order chi connectivity index (χ1) is 8.76.